The van der Waals surface area contributed by atoms with Crippen LogP contribution in [0.3, 0.4) is 0 Å². The largest absolute Gasteiger partial charge is 0.494 e. The Hall–Kier alpha value is -1.13. The molecular weight excluding hydrogens is 245 g/mol. The summed E-state index contributed by atoms with van der Waals surface area (Å²) < 4.78 is 24.2. The highest BCUT2D eigenvalue weighted by Gasteiger charge is 2.13. The highest BCUT2D eigenvalue weighted by Crippen LogP contribution is 2.22. The number of hydrogen-bond acceptors (Lipinski definition) is 3. The number of methoxy groups -OCH3 is 1. The van der Waals surface area contributed by atoms with Crippen molar-refractivity contribution in [1.29, 1.82) is 0 Å². The van der Waals surface area contributed by atoms with Gasteiger partial charge in [0, 0.05) is 6.61 Å². The monoisotopic (exact) mass is 269 g/mol. The van der Waals surface area contributed by atoms with E-state index >= 15 is 0 Å². The Labute approximate surface area is 115 Å². The molecule has 108 valence electrons. The molecule has 1 aromatic rings. The van der Waals surface area contributed by atoms with Crippen molar-refractivity contribution in [2.45, 2.75) is 32.7 Å². The van der Waals surface area contributed by atoms with E-state index in [0.717, 1.165) is 31.6 Å². The van der Waals surface area contributed by atoms with Crippen molar-refractivity contribution in [2.24, 2.45) is 0 Å². The Kier molecular flexibility index (Phi) is 7.45. The molecule has 0 aliphatic carbocycles. The van der Waals surface area contributed by atoms with E-state index in [1.807, 2.05) is 6.07 Å². The smallest absolute Gasteiger partial charge is 0.165 e. The number of rotatable bonds is 9. The van der Waals surface area contributed by atoms with Crippen LogP contribution >= 0.6 is 0 Å². The topological polar surface area (TPSA) is 30.5 Å². The Morgan fingerprint density at radius 2 is 2.05 bits per heavy atom. The first-order valence-electron chi connectivity index (χ1n) is 6.87. The van der Waals surface area contributed by atoms with Gasteiger partial charge in [-0.3, -0.25) is 0 Å². The molecule has 0 radical (unpaired) electrons. The van der Waals surface area contributed by atoms with Crippen molar-refractivity contribution < 1.29 is 13.9 Å². The highest BCUT2D eigenvalue weighted by molar-refractivity contribution is 5.31. The molecule has 0 bridgehead atoms. The van der Waals surface area contributed by atoms with Gasteiger partial charge in [0.1, 0.15) is 0 Å². The maximum absolute atomic E-state index is 13.7. The molecule has 0 amide bonds. The van der Waals surface area contributed by atoms with Gasteiger partial charge in [-0.25, -0.2) is 4.39 Å². The third-order valence-corrected chi connectivity index (χ3v) is 2.85. The lowest BCUT2D eigenvalue weighted by atomic mass is 10.1. The van der Waals surface area contributed by atoms with Gasteiger partial charge in [0.2, 0.25) is 0 Å². The first-order chi connectivity index (χ1) is 9.22. The van der Waals surface area contributed by atoms with Crippen molar-refractivity contribution in [1.82, 2.24) is 5.32 Å². The lowest BCUT2D eigenvalue weighted by Gasteiger charge is -2.19. The molecule has 4 heteroatoms. The van der Waals surface area contributed by atoms with Crippen LogP contribution in [0.5, 0.6) is 5.75 Å². The van der Waals surface area contributed by atoms with E-state index in [2.05, 4.69) is 19.2 Å². The molecular formula is C15H24FNO2. The average Bonchev–Trinajstić information content (AvgIpc) is 2.42. The van der Waals surface area contributed by atoms with Gasteiger partial charge in [-0.1, -0.05) is 19.9 Å². The van der Waals surface area contributed by atoms with Crippen LogP contribution in [0, 0.1) is 5.82 Å². The number of nitrogens with one attached hydrogen (secondary N) is 1. The number of benzene rings is 1. The van der Waals surface area contributed by atoms with Crippen LogP contribution in [0.25, 0.3) is 0 Å². The van der Waals surface area contributed by atoms with Crippen LogP contribution in [0.15, 0.2) is 18.2 Å². The molecule has 0 saturated heterocycles. The van der Waals surface area contributed by atoms with Crippen molar-refractivity contribution in [3.63, 3.8) is 0 Å². The molecule has 1 aromatic carbocycles. The fraction of sp³-hybridized carbons (Fsp3) is 0.600. The third-order valence-electron chi connectivity index (χ3n) is 2.85. The second kappa shape index (κ2) is 8.88. The van der Waals surface area contributed by atoms with E-state index < -0.39 is 0 Å². The van der Waals surface area contributed by atoms with E-state index in [1.165, 1.54) is 13.2 Å². The Morgan fingerprint density at radius 3 is 2.63 bits per heavy atom. The molecule has 19 heavy (non-hydrogen) atoms. The minimum Gasteiger partial charge on any atom is -0.494 e. The summed E-state index contributed by atoms with van der Waals surface area (Å²) in [7, 11) is 1.47. The predicted octanol–water partition coefficient (Wildman–Crippen LogP) is 3.30. The molecule has 1 N–H and O–H groups in total. The molecule has 3 nitrogen and oxygen atoms in total. The molecule has 0 saturated carbocycles. The lowest BCUT2D eigenvalue weighted by molar-refractivity contribution is 0.112. The van der Waals surface area contributed by atoms with E-state index in [9.17, 15) is 4.39 Å². The van der Waals surface area contributed by atoms with Crippen molar-refractivity contribution in [2.75, 3.05) is 26.9 Å². The minimum absolute atomic E-state index is 0.0203. The zero-order valence-corrected chi connectivity index (χ0v) is 12.0. The SMILES string of the molecule is CCCNC(COCCC)c1ccc(OC)c(F)c1. The van der Waals surface area contributed by atoms with Gasteiger partial charge in [0.05, 0.1) is 19.8 Å². The normalized spacial score (nSPS) is 12.4. The highest BCUT2D eigenvalue weighted by atomic mass is 19.1. The van der Waals surface area contributed by atoms with Crippen molar-refractivity contribution in [3.05, 3.63) is 29.6 Å². The maximum Gasteiger partial charge on any atom is 0.165 e. The summed E-state index contributed by atoms with van der Waals surface area (Å²) in [6.45, 7) is 6.34. The standard InChI is InChI=1S/C15H24FNO2/c1-4-8-17-14(11-19-9-5-2)12-6-7-15(18-3)13(16)10-12/h6-7,10,14,17H,4-5,8-9,11H2,1-3H3. The van der Waals surface area contributed by atoms with Gasteiger partial charge in [-0.15, -0.1) is 0 Å². The Bertz CT molecular complexity index is 371. The van der Waals surface area contributed by atoms with Crippen LogP contribution in [0.1, 0.15) is 38.3 Å². The van der Waals surface area contributed by atoms with E-state index in [1.54, 1.807) is 6.07 Å². The van der Waals surface area contributed by atoms with Crippen LogP contribution in [0.2, 0.25) is 0 Å². The summed E-state index contributed by atoms with van der Waals surface area (Å²) in [4.78, 5) is 0. The second-order valence-corrected chi connectivity index (χ2v) is 4.48. The Morgan fingerprint density at radius 1 is 1.26 bits per heavy atom. The van der Waals surface area contributed by atoms with Crippen LogP contribution in [-0.2, 0) is 4.74 Å². The van der Waals surface area contributed by atoms with Gasteiger partial charge < -0.3 is 14.8 Å². The molecule has 0 fully saturated rings. The minimum atomic E-state index is -0.334. The van der Waals surface area contributed by atoms with E-state index in [-0.39, 0.29) is 17.6 Å². The number of ether oxygens (including phenoxy) is 2. The summed E-state index contributed by atoms with van der Waals surface area (Å²) in [6.07, 6.45) is 2.01. The van der Waals surface area contributed by atoms with Gasteiger partial charge in [-0.2, -0.15) is 0 Å². The maximum atomic E-state index is 13.7. The van der Waals surface area contributed by atoms with Crippen LogP contribution in [-0.4, -0.2) is 26.9 Å². The summed E-state index contributed by atoms with van der Waals surface area (Å²) in [5, 5.41) is 3.38. The third kappa shape index (κ3) is 5.17. The molecule has 1 atom stereocenters. The predicted molar refractivity (Wildman–Crippen MR) is 75.1 cm³/mol. The first-order valence-corrected chi connectivity index (χ1v) is 6.87. The summed E-state index contributed by atoms with van der Waals surface area (Å²) >= 11 is 0. The summed E-state index contributed by atoms with van der Waals surface area (Å²) in [6, 6.07) is 5.07. The molecule has 1 unspecified atom stereocenters. The lowest BCUT2D eigenvalue weighted by Crippen LogP contribution is -2.26. The fourth-order valence-electron chi connectivity index (χ4n) is 1.84. The zero-order valence-electron chi connectivity index (χ0n) is 12.0. The summed E-state index contributed by atoms with van der Waals surface area (Å²) in [5.74, 6) is -0.0636. The van der Waals surface area contributed by atoms with Crippen LogP contribution in [0.4, 0.5) is 4.39 Å². The van der Waals surface area contributed by atoms with Gasteiger partial charge >= 0.3 is 0 Å². The van der Waals surface area contributed by atoms with Gasteiger partial charge in [0.15, 0.2) is 11.6 Å². The molecule has 0 aliphatic rings. The number of hydrogen-bond donors (Lipinski definition) is 1. The van der Waals surface area contributed by atoms with Gasteiger partial charge in [-0.05, 0) is 37.1 Å². The summed E-state index contributed by atoms with van der Waals surface area (Å²) in [5.41, 5.74) is 0.892. The number of halogens is 1. The molecule has 0 aliphatic heterocycles. The van der Waals surface area contributed by atoms with E-state index in [4.69, 9.17) is 9.47 Å². The molecule has 0 aromatic heterocycles. The van der Waals surface area contributed by atoms with Crippen molar-refractivity contribution >= 4 is 0 Å². The average molecular weight is 269 g/mol. The van der Waals surface area contributed by atoms with E-state index in [0.29, 0.717) is 6.61 Å². The second-order valence-electron chi connectivity index (χ2n) is 4.48. The quantitative estimate of drug-likeness (QED) is 0.698. The zero-order chi connectivity index (χ0) is 14.1. The Balaban J connectivity index is 2.74. The first kappa shape index (κ1) is 15.9. The van der Waals surface area contributed by atoms with Crippen molar-refractivity contribution in [3.8, 4) is 5.75 Å². The molecule has 0 heterocycles. The van der Waals surface area contributed by atoms with Gasteiger partial charge in [0.25, 0.3) is 0 Å². The molecule has 0 spiro atoms. The molecule has 1 rings (SSSR count). The fourth-order valence-corrected chi connectivity index (χ4v) is 1.84. The van der Waals surface area contributed by atoms with Crippen LogP contribution < -0.4 is 10.1 Å².